The smallest absolute Gasteiger partial charge is 0.387 e. The number of hydrogen-bond donors (Lipinski definition) is 3. The zero-order chi connectivity index (χ0) is 20.7. The summed E-state index contributed by atoms with van der Waals surface area (Å²) in [7, 11) is 1.33. The fraction of sp³-hybridized carbons (Fsp3) is 0.222. The number of benzene rings is 2. The molecule has 0 spiro atoms. The SMILES string of the molecule is COc1ccc(CNC(=O)Nc2ccc(NC(C)=O)cc2Cl)cc1OC(F)F. The Bertz CT molecular complexity index is 865. The number of methoxy groups -OCH3 is 1. The van der Waals surface area contributed by atoms with Gasteiger partial charge in [0.25, 0.3) is 0 Å². The van der Waals surface area contributed by atoms with Gasteiger partial charge in [0.15, 0.2) is 11.5 Å². The first-order valence-corrected chi connectivity index (χ1v) is 8.40. The van der Waals surface area contributed by atoms with Crippen LogP contribution < -0.4 is 25.4 Å². The summed E-state index contributed by atoms with van der Waals surface area (Å²) in [6.45, 7) is -1.58. The molecule has 0 bridgehead atoms. The number of urea groups is 1. The number of ether oxygens (including phenoxy) is 2. The quantitative estimate of drug-likeness (QED) is 0.633. The van der Waals surface area contributed by atoms with Crippen molar-refractivity contribution in [1.82, 2.24) is 5.32 Å². The lowest BCUT2D eigenvalue weighted by Gasteiger charge is -2.13. The maximum atomic E-state index is 12.5. The highest BCUT2D eigenvalue weighted by Gasteiger charge is 2.12. The Balaban J connectivity index is 1.98. The predicted molar refractivity (Wildman–Crippen MR) is 101 cm³/mol. The van der Waals surface area contributed by atoms with E-state index in [0.29, 0.717) is 16.9 Å². The molecule has 0 saturated heterocycles. The minimum absolute atomic E-state index is 0.0526. The van der Waals surface area contributed by atoms with Crippen molar-refractivity contribution >= 4 is 34.9 Å². The summed E-state index contributed by atoms with van der Waals surface area (Å²) in [6, 6.07) is 8.48. The predicted octanol–water partition coefficient (Wildman–Crippen LogP) is 4.23. The Kier molecular flexibility index (Phi) is 7.39. The maximum absolute atomic E-state index is 12.5. The molecule has 0 radical (unpaired) electrons. The molecular formula is C18H18ClF2N3O4. The van der Waals surface area contributed by atoms with Crippen molar-refractivity contribution in [3.8, 4) is 11.5 Å². The summed E-state index contributed by atoms with van der Waals surface area (Å²) in [5.74, 6) is -0.224. The molecule has 0 fully saturated rings. The zero-order valence-electron chi connectivity index (χ0n) is 15.0. The van der Waals surface area contributed by atoms with Crippen molar-refractivity contribution in [3.05, 3.63) is 47.0 Å². The second-order valence-corrected chi connectivity index (χ2v) is 5.95. The highest BCUT2D eigenvalue weighted by Crippen LogP contribution is 2.29. The van der Waals surface area contributed by atoms with E-state index in [0.717, 1.165) is 0 Å². The van der Waals surface area contributed by atoms with Gasteiger partial charge in [0.1, 0.15) is 0 Å². The molecule has 150 valence electrons. The highest BCUT2D eigenvalue weighted by molar-refractivity contribution is 6.34. The number of hydrogen-bond acceptors (Lipinski definition) is 4. The van der Waals surface area contributed by atoms with Crippen molar-refractivity contribution in [3.63, 3.8) is 0 Å². The molecule has 10 heteroatoms. The Hall–Kier alpha value is -3.07. The van der Waals surface area contributed by atoms with Crippen molar-refractivity contribution in [2.75, 3.05) is 17.7 Å². The topological polar surface area (TPSA) is 88.7 Å². The fourth-order valence-electron chi connectivity index (χ4n) is 2.27. The van der Waals surface area contributed by atoms with Gasteiger partial charge in [-0.15, -0.1) is 0 Å². The summed E-state index contributed by atoms with van der Waals surface area (Å²) in [4.78, 5) is 23.1. The summed E-state index contributed by atoms with van der Waals surface area (Å²) >= 11 is 6.08. The van der Waals surface area contributed by atoms with Gasteiger partial charge in [0, 0.05) is 19.2 Å². The number of rotatable bonds is 7. The van der Waals surface area contributed by atoms with Crippen molar-refractivity contribution < 1.29 is 27.8 Å². The monoisotopic (exact) mass is 413 g/mol. The number of halogens is 3. The number of anilines is 2. The van der Waals surface area contributed by atoms with E-state index in [1.54, 1.807) is 12.1 Å². The Labute approximate surface area is 165 Å². The lowest BCUT2D eigenvalue weighted by molar-refractivity contribution is -0.114. The third kappa shape index (κ3) is 6.27. The first-order chi connectivity index (χ1) is 13.3. The molecule has 2 aromatic rings. The Morgan fingerprint density at radius 3 is 2.46 bits per heavy atom. The molecule has 0 aliphatic rings. The molecule has 7 nitrogen and oxygen atoms in total. The van der Waals surface area contributed by atoms with E-state index in [1.807, 2.05) is 0 Å². The van der Waals surface area contributed by atoms with Crippen LogP contribution >= 0.6 is 11.6 Å². The lowest BCUT2D eigenvalue weighted by atomic mass is 10.2. The van der Waals surface area contributed by atoms with Gasteiger partial charge in [0.05, 0.1) is 17.8 Å². The maximum Gasteiger partial charge on any atom is 0.387 e. The molecular weight excluding hydrogens is 396 g/mol. The third-order valence-corrected chi connectivity index (χ3v) is 3.75. The number of carbonyl (C=O) groups excluding carboxylic acids is 2. The second-order valence-electron chi connectivity index (χ2n) is 5.55. The van der Waals surface area contributed by atoms with E-state index in [-0.39, 0.29) is 29.0 Å². The molecule has 0 heterocycles. The van der Waals surface area contributed by atoms with Crippen molar-refractivity contribution in [1.29, 1.82) is 0 Å². The van der Waals surface area contributed by atoms with E-state index < -0.39 is 12.6 Å². The number of amides is 3. The molecule has 0 atom stereocenters. The number of carbonyl (C=O) groups is 2. The molecule has 0 aromatic heterocycles. The van der Waals surface area contributed by atoms with E-state index in [9.17, 15) is 18.4 Å². The lowest BCUT2D eigenvalue weighted by Crippen LogP contribution is -2.28. The van der Waals surface area contributed by atoms with Crippen LogP contribution in [0.25, 0.3) is 0 Å². The van der Waals surface area contributed by atoms with Crippen LogP contribution in [-0.4, -0.2) is 25.7 Å². The molecule has 28 heavy (non-hydrogen) atoms. The van der Waals surface area contributed by atoms with Gasteiger partial charge in [-0.05, 0) is 35.9 Å². The summed E-state index contributed by atoms with van der Waals surface area (Å²) in [6.07, 6.45) is 0. The Morgan fingerprint density at radius 2 is 1.86 bits per heavy atom. The van der Waals surface area contributed by atoms with Crippen molar-refractivity contribution in [2.45, 2.75) is 20.1 Å². The van der Waals surface area contributed by atoms with Gasteiger partial charge in [-0.2, -0.15) is 8.78 Å². The standard InChI is InChI=1S/C18H18ClF2N3O4/c1-10(25)23-12-4-5-14(13(19)8-12)24-18(26)22-9-11-3-6-15(27-2)16(7-11)28-17(20)21/h3-8,17H,9H2,1-2H3,(H,23,25)(H2,22,24,26). The minimum atomic E-state index is -3.00. The first-order valence-electron chi connectivity index (χ1n) is 8.02. The molecule has 3 N–H and O–H groups in total. The average molecular weight is 414 g/mol. The van der Waals surface area contributed by atoms with Crippen LogP contribution in [-0.2, 0) is 11.3 Å². The number of nitrogens with one attached hydrogen (secondary N) is 3. The fourth-order valence-corrected chi connectivity index (χ4v) is 2.49. The van der Waals surface area contributed by atoms with E-state index in [2.05, 4.69) is 20.7 Å². The molecule has 0 unspecified atom stereocenters. The van der Waals surface area contributed by atoms with Crippen LogP contribution in [0.5, 0.6) is 11.5 Å². The average Bonchev–Trinajstić information content (AvgIpc) is 2.61. The van der Waals surface area contributed by atoms with E-state index in [4.69, 9.17) is 16.3 Å². The van der Waals surface area contributed by atoms with Gasteiger partial charge in [0.2, 0.25) is 5.91 Å². The van der Waals surface area contributed by atoms with Crippen LogP contribution in [0.2, 0.25) is 5.02 Å². The van der Waals surface area contributed by atoms with Gasteiger partial charge < -0.3 is 25.4 Å². The normalized spacial score (nSPS) is 10.4. The van der Waals surface area contributed by atoms with Gasteiger partial charge in [-0.3, -0.25) is 4.79 Å². The molecule has 3 amide bonds. The second kappa shape index (κ2) is 9.75. The molecule has 2 rings (SSSR count). The first kappa shape index (κ1) is 21.2. The van der Waals surface area contributed by atoms with E-state index in [1.165, 1.54) is 38.3 Å². The Morgan fingerprint density at radius 1 is 1.11 bits per heavy atom. The molecule has 0 saturated carbocycles. The van der Waals surface area contributed by atoms with Crippen LogP contribution in [0.3, 0.4) is 0 Å². The molecule has 2 aromatic carbocycles. The largest absolute Gasteiger partial charge is 0.493 e. The molecule has 0 aliphatic carbocycles. The summed E-state index contributed by atoms with van der Waals surface area (Å²) in [5, 5.41) is 7.95. The van der Waals surface area contributed by atoms with Crippen LogP contribution in [0.1, 0.15) is 12.5 Å². The van der Waals surface area contributed by atoms with Crippen LogP contribution in [0.4, 0.5) is 25.0 Å². The van der Waals surface area contributed by atoms with Gasteiger partial charge >= 0.3 is 12.6 Å². The van der Waals surface area contributed by atoms with Crippen LogP contribution in [0, 0.1) is 0 Å². The zero-order valence-corrected chi connectivity index (χ0v) is 15.8. The van der Waals surface area contributed by atoms with Gasteiger partial charge in [-0.25, -0.2) is 4.79 Å². The number of alkyl halides is 2. The summed E-state index contributed by atoms with van der Waals surface area (Å²) in [5.41, 5.74) is 1.36. The van der Waals surface area contributed by atoms with E-state index >= 15 is 0 Å². The molecule has 0 aliphatic heterocycles. The van der Waals surface area contributed by atoms with Gasteiger partial charge in [-0.1, -0.05) is 17.7 Å². The highest BCUT2D eigenvalue weighted by atomic mass is 35.5. The third-order valence-electron chi connectivity index (χ3n) is 3.43. The minimum Gasteiger partial charge on any atom is -0.493 e. The van der Waals surface area contributed by atoms with Crippen molar-refractivity contribution in [2.24, 2.45) is 0 Å². The summed E-state index contributed by atoms with van der Waals surface area (Å²) < 4.78 is 34.3. The van der Waals surface area contributed by atoms with Crippen LogP contribution in [0.15, 0.2) is 36.4 Å².